The van der Waals surface area contributed by atoms with Crippen LogP contribution in [0.2, 0.25) is 0 Å². The van der Waals surface area contributed by atoms with E-state index in [4.69, 9.17) is 5.10 Å². The van der Waals surface area contributed by atoms with Gasteiger partial charge in [0.2, 0.25) is 11.8 Å². The summed E-state index contributed by atoms with van der Waals surface area (Å²) in [6.07, 6.45) is 3.45. The highest BCUT2D eigenvalue weighted by Gasteiger charge is 2.23. The van der Waals surface area contributed by atoms with E-state index in [1.807, 2.05) is 44.2 Å². The standard InChI is InChI=1S/C24H36N4O2/c1-7-9-10-15-23(30)27(8-2)17-22(29)25-21-16-20(24(4,5)6)26-28(21)19-14-12-11-13-18(19)3/h11-14,16H,7-10,15,17H2,1-6H3,(H,25,29). The van der Waals surface area contributed by atoms with E-state index in [9.17, 15) is 9.59 Å². The van der Waals surface area contributed by atoms with E-state index in [0.29, 0.717) is 18.8 Å². The molecule has 164 valence electrons. The van der Waals surface area contributed by atoms with Crippen molar-refractivity contribution in [2.45, 2.75) is 72.6 Å². The molecule has 0 aliphatic rings. The zero-order chi connectivity index (χ0) is 22.3. The van der Waals surface area contributed by atoms with Gasteiger partial charge in [0.05, 0.1) is 17.9 Å². The van der Waals surface area contributed by atoms with Crippen LogP contribution in [0.4, 0.5) is 5.82 Å². The highest BCUT2D eigenvalue weighted by atomic mass is 16.2. The molecule has 0 aliphatic carbocycles. The monoisotopic (exact) mass is 412 g/mol. The number of para-hydroxylation sites is 1. The predicted molar refractivity (Wildman–Crippen MR) is 122 cm³/mol. The molecule has 0 unspecified atom stereocenters. The maximum Gasteiger partial charge on any atom is 0.245 e. The van der Waals surface area contributed by atoms with Crippen molar-refractivity contribution in [3.63, 3.8) is 0 Å². The number of nitrogens with zero attached hydrogens (tertiary/aromatic N) is 3. The number of rotatable bonds is 9. The second kappa shape index (κ2) is 10.4. The molecule has 2 rings (SSSR count). The summed E-state index contributed by atoms with van der Waals surface area (Å²) in [5.74, 6) is 0.438. The smallest absolute Gasteiger partial charge is 0.245 e. The first-order valence-corrected chi connectivity index (χ1v) is 10.9. The van der Waals surface area contributed by atoms with Crippen LogP contribution in [0, 0.1) is 6.92 Å². The third-order valence-corrected chi connectivity index (χ3v) is 5.15. The minimum absolute atomic E-state index is 0.0314. The number of nitrogens with one attached hydrogen (secondary N) is 1. The molecule has 0 aliphatic heterocycles. The molecular weight excluding hydrogens is 376 g/mol. The number of aromatic nitrogens is 2. The van der Waals surface area contributed by atoms with Crippen LogP contribution in [0.1, 0.15) is 71.6 Å². The third kappa shape index (κ3) is 6.18. The van der Waals surface area contributed by atoms with E-state index >= 15 is 0 Å². The summed E-state index contributed by atoms with van der Waals surface area (Å²) >= 11 is 0. The van der Waals surface area contributed by atoms with Crippen LogP contribution in [-0.4, -0.2) is 39.6 Å². The molecule has 1 aromatic carbocycles. The van der Waals surface area contributed by atoms with Gasteiger partial charge in [0.1, 0.15) is 5.82 Å². The molecule has 1 N–H and O–H groups in total. The zero-order valence-electron chi connectivity index (χ0n) is 19.3. The number of carbonyl (C=O) groups is 2. The molecule has 0 radical (unpaired) electrons. The molecule has 0 spiro atoms. The molecule has 1 heterocycles. The fraction of sp³-hybridized carbons (Fsp3) is 0.542. The van der Waals surface area contributed by atoms with Gasteiger partial charge in [0, 0.05) is 24.4 Å². The predicted octanol–water partition coefficient (Wildman–Crippen LogP) is 4.85. The molecule has 6 nitrogen and oxygen atoms in total. The maximum atomic E-state index is 12.8. The average molecular weight is 413 g/mol. The second-order valence-electron chi connectivity index (χ2n) is 8.78. The minimum Gasteiger partial charge on any atom is -0.334 e. The number of aryl methyl sites for hydroxylation is 1. The Morgan fingerprint density at radius 1 is 1.13 bits per heavy atom. The third-order valence-electron chi connectivity index (χ3n) is 5.15. The molecule has 2 amide bonds. The fourth-order valence-corrected chi connectivity index (χ4v) is 3.24. The Kier molecular flexibility index (Phi) is 8.21. The first kappa shape index (κ1) is 23.6. The van der Waals surface area contributed by atoms with Gasteiger partial charge in [-0.3, -0.25) is 9.59 Å². The van der Waals surface area contributed by atoms with E-state index < -0.39 is 0 Å². The number of hydrogen-bond donors (Lipinski definition) is 1. The van der Waals surface area contributed by atoms with Crippen molar-refractivity contribution in [2.24, 2.45) is 0 Å². The lowest BCUT2D eigenvalue weighted by Gasteiger charge is -2.20. The second-order valence-corrected chi connectivity index (χ2v) is 8.78. The van der Waals surface area contributed by atoms with Crippen molar-refractivity contribution in [2.75, 3.05) is 18.4 Å². The molecule has 6 heteroatoms. The molecule has 30 heavy (non-hydrogen) atoms. The molecule has 0 bridgehead atoms. The van der Waals surface area contributed by atoms with E-state index in [0.717, 1.165) is 36.2 Å². The summed E-state index contributed by atoms with van der Waals surface area (Å²) in [5, 5.41) is 7.75. The molecule has 1 aromatic heterocycles. The van der Waals surface area contributed by atoms with Gasteiger partial charge < -0.3 is 10.2 Å². The number of benzene rings is 1. The lowest BCUT2D eigenvalue weighted by atomic mass is 9.92. The highest BCUT2D eigenvalue weighted by molar-refractivity contribution is 5.94. The number of anilines is 1. The molecule has 0 saturated carbocycles. The Morgan fingerprint density at radius 2 is 1.83 bits per heavy atom. The van der Waals surface area contributed by atoms with Crippen LogP contribution < -0.4 is 5.32 Å². The lowest BCUT2D eigenvalue weighted by molar-refractivity contribution is -0.134. The van der Waals surface area contributed by atoms with Crippen molar-refractivity contribution in [3.8, 4) is 5.69 Å². The maximum absolute atomic E-state index is 12.8. The quantitative estimate of drug-likeness (QED) is 0.599. The van der Waals surface area contributed by atoms with Crippen molar-refractivity contribution in [1.82, 2.24) is 14.7 Å². The highest BCUT2D eigenvalue weighted by Crippen LogP contribution is 2.27. The van der Waals surface area contributed by atoms with Gasteiger partial charge in [-0.25, -0.2) is 4.68 Å². The van der Waals surface area contributed by atoms with E-state index in [1.54, 1.807) is 9.58 Å². The molecule has 2 aromatic rings. The van der Waals surface area contributed by atoms with Gasteiger partial charge in [-0.05, 0) is 31.9 Å². The molecule has 0 atom stereocenters. The topological polar surface area (TPSA) is 67.2 Å². The van der Waals surface area contributed by atoms with Gasteiger partial charge in [-0.1, -0.05) is 58.7 Å². The van der Waals surface area contributed by atoms with Gasteiger partial charge in [-0.15, -0.1) is 0 Å². The fourth-order valence-electron chi connectivity index (χ4n) is 3.24. The van der Waals surface area contributed by atoms with Crippen LogP contribution in [0.25, 0.3) is 5.69 Å². The van der Waals surface area contributed by atoms with Gasteiger partial charge in [0.25, 0.3) is 0 Å². The van der Waals surface area contributed by atoms with Gasteiger partial charge in [-0.2, -0.15) is 5.10 Å². The average Bonchev–Trinajstić information content (AvgIpc) is 3.10. The summed E-state index contributed by atoms with van der Waals surface area (Å²) in [7, 11) is 0. The molecular formula is C24H36N4O2. The van der Waals surface area contributed by atoms with E-state index in [-0.39, 0.29) is 23.8 Å². The summed E-state index contributed by atoms with van der Waals surface area (Å²) in [6, 6.07) is 9.87. The normalized spacial score (nSPS) is 11.4. The lowest BCUT2D eigenvalue weighted by Crippen LogP contribution is -2.38. The Morgan fingerprint density at radius 3 is 2.43 bits per heavy atom. The van der Waals surface area contributed by atoms with Crippen molar-refractivity contribution in [3.05, 3.63) is 41.6 Å². The van der Waals surface area contributed by atoms with E-state index in [1.165, 1.54) is 0 Å². The zero-order valence-corrected chi connectivity index (χ0v) is 19.3. The molecule has 0 saturated heterocycles. The van der Waals surface area contributed by atoms with E-state index in [2.05, 4.69) is 33.0 Å². The SMILES string of the molecule is CCCCCC(=O)N(CC)CC(=O)Nc1cc(C(C)(C)C)nn1-c1ccccc1C. The van der Waals surface area contributed by atoms with Crippen LogP contribution in [0.5, 0.6) is 0 Å². The van der Waals surface area contributed by atoms with Crippen molar-refractivity contribution in [1.29, 1.82) is 0 Å². The summed E-state index contributed by atoms with van der Waals surface area (Å²) in [5.41, 5.74) is 2.73. The Bertz CT molecular complexity index is 864. The number of amides is 2. The van der Waals surface area contributed by atoms with Crippen molar-refractivity contribution < 1.29 is 9.59 Å². The summed E-state index contributed by atoms with van der Waals surface area (Å²) in [6.45, 7) is 12.9. The minimum atomic E-state index is -0.212. The first-order chi connectivity index (χ1) is 14.2. The molecule has 0 fully saturated rings. The van der Waals surface area contributed by atoms with Gasteiger partial charge in [0.15, 0.2) is 0 Å². The number of hydrogen-bond acceptors (Lipinski definition) is 3. The number of carbonyl (C=O) groups excluding carboxylic acids is 2. The summed E-state index contributed by atoms with van der Waals surface area (Å²) < 4.78 is 1.78. The Labute approximate surface area is 180 Å². The number of unbranched alkanes of at least 4 members (excludes halogenated alkanes) is 2. The largest absolute Gasteiger partial charge is 0.334 e. The van der Waals surface area contributed by atoms with Crippen LogP contribution in [0.15, 0.2) is 30.3 Å². The van der Waals surface area contributed by atoms with Crippen LogP contribution >= 0.6 is 0 Å². The van der Waals surface area contributed by atoms with Gasteiger partial charge >= 0.3 is 0 Å². The van der Waals surface area contributed by atoms with Crippen LogP contribution in [0.3, 0.4) is 0 Å². The summed E-state index contributed by atoms with van der Waals surface area (Å²) in [4.78, 5) is 26.8. The Balaban J connectivity index is 2.22. The van der Waals surface area contributed by atoms with Crippen LogP contribution in [-0.2, 0) is 15.0 Å². The van der Waals surface area contributed by atoms with Crippen molar-refractivity contribution >= 4 is 17.6 Å². The first-order valence-electron chi connectivity index (χ1n) is 10.9. The number of likely N-dealkylation sites (N-methyl/N-ethyl adjacent to an activating group) is 1. The Hall–Kier alpha value is -2.63.